The highest BCUT2D eigenvalue weighted by atomic mass is 16.5. The van der Waals surface area contributed by atoms with Crippen LogP contribution in [0.1, 0.15) is 22.8 Å². The first kappa shape index (κ1) is 19.5. The maximum Gasteiger partial charge on any atom is 0.255 e. The quantitative estimate of drug-likeness (QED) is 0.332. The van der Waals surface area contributed by atoms with Crippen LogP contribution in [0.15, 0.2) is 53.5 Å². The Labute approximate surface area is 164 Å². The van der Waals surface area contributed by atoms with Crippen molar-refractivity contribution < 1.29 is 14.6 Å². The van der Waals surface area contributed by atoms with Crippen molar-refractivity contribution in [2.75, 3.05) is 26.2 Å². The Kier molecular flexibility index (Phi) is 6.73. The van der Waals surface area contributed by atoms with Crippen molar-refractivity contribution in [3.8, 4) is 11.5 Å². The number of benzene rings is 2. The van der Waals surface area contributed by atoms with E-state index in [1.165, 1.54) is 11.6 Å². The van der Waals surface area contributed by atoms with Crippen molar-refractivity contribution in [1.82, 2.24) is 16.0 Å². The van der Waals surface area contributed by atoms with Crippen LogP contribution in [0.25, 0.3) is 0 Å². The maximum atomic E-state index is 12.1. The van der Waals surface area contributed by atoms with Crippen LogP contribution in [0.2, 0.25) is 0 Å². The number of phenolic OH excluding ortho intramolecular Hbond substituents is 1. The molecule has 1 atom stereocenters. The number of nitrogens with one attached hydrogen (secondary N) is 3. The number of aliphatic imine (C=N–C) groups is 1. The molecule has 0 aliphatic carbocycles. The number of carbonyl (C=O) groups excluding carboxylic acids is 1. The summed E-state index contributed by atoms with van der Waals surface area (Å²) in [5.74, 6) is 1.28. The third-order valence-electron chi connectivity index (χ3n) is 4.36. The van der Waals surface area contributed by atoms with E-state index in [4.69, 9.17) is 4.74 Å². The molecule has 2 aromatic carbocycles. The average molecular weight is 382 g/mol. The lowest BCUT2D eigenvalue weighted by atomic mass is 10.1. The predicted octanol–water partition coefficient (Wildman–Crippen LogP) is 1.68. The minimum atomic E-state index is -0.307. The second-order valence-corrected chi connectivity index (χ2v) is 6.47. The lowest BCUT2D eigenvalue weighted by Crippen LogP contribution is -2.42. The third-order valence-corrected chi connectivity index (χ3v) is 4.36. The molecule has 0 saturated carbocycles. The zero-order valence-corrected chi connectivity index (χ0v) is 15.9. The van der Waals surface area contributed by atoms with Gasteiger partial charge in [0.25, 0.3) is 5.91 Å². The molecule has 1 amide bonds. The van der Waals surface area contributed by atoms with E-state index in [1.807, 2.05) is 25.1 Å². The molecular weight excluding hydrogens is 356 g/mol. The fraction of sp³-hybridized carbons (Fsp3) is 0.333. The Hall–Kier alpha value is -3.22. The highest BCUT2D eigenvalue weighted by Crippen LogP contribution is 2.28. The Morgan fingerprint density at radius 1 is 1.11 bits per heavy atom. The fourth-order valence-corrected chi connectivity index (χ4v) is 3.01. The summed E-state index contributed by atoms with van der Waals surface area (Å²) in [7, 11) is 0. The molecule has 0 saturated heterocycles. The molecule has 0 radical (unpaired) electrons. The van der Waals surface area contributed by atoms with E-state index in [1.54, 1.807) is 18.2 Å². The van der Waals surface area contributed by atoms with Gasteiger partial charge in [-0.3, -0.25) is 4.79 Å². The van der Waals surface area contributed by atoms with Gasteiger partial charge in [0.2, 0.25) is 0 Å². The Bertz CT molecular complexity index is 813. The summed E-state index contributed by atoms with van der Waals surface area (Å²) in [6.07, 6.45) is 0.893. The van der Waals surface area contributed by atoms with E-state index < -0.39 is 0 Å². The van der Waals surface area contributed by atoms with E-state index in [0.717, 1.165) is 18.7 Å². The minimum absolute atomic E-state index is 0.0274. The molecule has 0 fully saturated rings. The van der Waals surface area contributed by atoms with Gasteiger partial charge in [0.1, 0.15) is 17.6 Å². The molecule has 1 heterocycles. The molecule has 3 rings (SSSR count). The monoisotopic (exact) mass is 382 g/mol. The van der Waals surface area contributed by atoms with Gasteiger partial charge in [-0.2, -0.15) is 0 Å². The Balaban J connectivity index is 1.44. The number of para-hydroxylation sites is 2. The van der Waals surface area contributed by atoms with Crippen LogP contribution in [0.4, 0.5) is 0 Å². The van der Waals surface area contributed by atoms with Gasteiger partial charge in [0, 0.05) is 26.1 Å². The van der Waals surface area contributed by atoms with Crippen molar-refractivity contribution in [3.05, 3.63) is 59.7 Å². The van der Waals surface area contributed by atoms with Gasteiger partial charge in [-0.1, -0.05) is 30.3 Å². The van der Waals surface area contributed by atoms with E-state index in [9.17, 15) is 9.90 Å². The van der Waals surface area contributed by atoms with Crippen LogP contribution in [0.3, 0.4) is 0 Å². The first-order valence-corrected chi connectivity index (χ1v) is 9.50. The SMILES string of the molecule is CCNC(=NCC1Cc2ccccc2O1)NCCNC(=O)c1ccccc1O. The van der Waals surface area contributed by atoms with E-state index in [0.29, 0.717) is 25.6 Å². The van der Waals surface area contributed by atoms with Gasteiger partial charge in [-0.15, -0.1) is 0 Å². The van der Waals surface area contributed by atoms with Crippen LogP contribution in [-0.4, -0.2) is 49.3 Å². The summed E-state index contributed by atoms with van der Waals surface area (Å²) in [6, 6.07) is 14.5. The molecule has 4 N–H and O–H groups in total. The highest BCUT2D eigenvalue weighted by molar-refractivity contribution is 5.96. The number of fused-ring (bicyclic) bond motifs is 1. The Morgan fingerprint density at radius 2 is 1.86 bits per heavy atom. The predicted molar refractivity (Wildman–Crippen MR) is 109 cm³/mol. The number of carbonyl (C=O) groups is 1. The van der Waals surface area contributed by atoms with Gasteiger partial charge in [-0.25, -0.2) is 4.99 Å². The molecule has 2 aromatic rings. The lowest BCUT2D eigenvalue weighted by Gasteiger charge is -2.14. The van der Waals surface area contributed by atoms with Crippen molar-refractivity contribution in [2.45, 2.75) is 19.4 Å². The third kappa shape index (κ3) is 5.16. The van der Waals surface area contributed by atoms with Gasteiger partial charge >= 0.3 is 0 Å². The summed E-state index contributed by atoms with van der Waals surface area (Å²) in [5.41, 5.74) is 1.48. The second kappa shape index (κ2) is 9.64. The molecule has 0 spiro atoms. The number of hydrogen-bond acceptors (Lipinski definition) is 4. The highest BCUT2D eigenvalue weighted by Gasteiger charge is 2.21. The van der Waals surface area contributed by atoms with Crippen LogP contribution in [0, 0.1) is 0 Å². The molecule has 1 aliphatic heterocycles. The minimum Gasteiger partial charge on any atom is -0.507 e. The second-order valence-electron chi connectivity index (χ2n) is 6.47. The van der Waals surface area contributed by atoms with Crippen LogP contribution in [0.5, 0.6) is 11.5 Å². The van der Waals surface area contributed by atoms with E-state index >= 15 is 0 Å². The molecule has 7 heteroatoms. The number of nitrogens with zero attached hydrogens (tertiary/aromatic N) is 1. The van der Waals surface area contributed by atoms with Crippen molar-refractivity contribution in [2.24, 2.45) is 4.99 Å². The van der Waals surface area contributed by atoms with Crippen molar-refractivity contribution in [3.63, 3.8) is 0 Å². The van der Waals surface area contributed by atoms with Crippen LogP contribution >= 0.6 is 0 Å². The fourth-order valence-electron chi connectivity index (χ4n) is 3.01. The number of ether oxygens (including phenoxy) is 1. The standard InChI is InChI=1S/C21H26N4O3/c1-2-22-21(25-14-16-13-15-7-3-6-10-19(15)28-16)24-12-11-23-20(27)17-8-4-5-9-18(17)26/h3-10,16,26H,2,11-14H2,1H3,(H,23,27)(H2,22,24,25). The molecule has 28 heavy (non-hydrogen) atoms. The summed E-state index contributed by atoms with van der Waals surface area (Å²) < 4.78 is 5.91. The van der Waals surface area contributed by atoms with E-state index in [2.05, 4.69) is 27.0 Å². The van der Waals surface area contributed by atoms with E-state index in [-0.39, 0.29) is 23.3 Å². The smallest absolute Gasteiger partial charge is 0.255 e. The Morgan fingerprint density at radius 3 is 2.64 bits per heavy atom. The van der Waals surface area contributed by atoms with Crippen LogP contribution < -0.4 is 20.7 Å². The summed E-state index contributed by atoms with van der Waals surface area (Å²) in [4.78, 5) is 16.7. The van der Waals surface area contributed by atoms with Gasteiger partial charge in [0.15, 0.2) is 5.96 Å². The van der Waals surface area contributed by atoms with Gasteiger partial charge in [-0.05, 0) is 30.7 Å². The summed E-state index contributed by atoms with van der Waals surface area (Å²) >= 11 is 0. The topological polar surface area (TPSA) is 95.0 Å². The normalized spacial score (nSPS) is 15.5. The van der Waals surface area contributed by atoms with Gasteiger partial charge < -0.3 is 25.8 Å². The number of phenols is 1. The molecular formula is C21H26N4O3. The van der Waals surface area contributed by atoms with Crippen molar-refractivity contribution in [1.29, 1.82) is 0 Å². The molecule has 1 aliphatic rings. The number of guanidine groups is 1. The van der Waals surface area contributed by atoms with Gasteiger partial charge in [0.05, 0.1) is 12.1 Å². The molecule has 0 aromatic heterocycles. The van der Waals surface area contributed by atoms with Crippen molar-refractivity contribution >= 4 is 11.9 Å². The van der Waals surface area contributed by atoms with Crippen LogP contribution in [-0.2, 0) is 6.42 Å². The lowest BCUT2D eigenvalue weighted by molar-refractivity contribution is 0.0951. The first-order chi connectivity index (χ1) is 13.7. The number of rotatable bonds is 7. The average Bonchev–Trinajstić information content (AvgIpc) is 3.12. The number of amides is 1. The summed E-state index contributed by atoms with van der Waals surface area (Å²) in [5, 5.41) is 18.9. The largest absolute Gasteiger partial charge is 0.507 e. The maximum absolute atomic E-state index is 12.1. The molecule has 148 valence electrons. The number of hydrogen-bond donors (Lipinski definition) is 4. The number of aromatic hydroxyl groups is 1. The molecule has 1 unspecified atom stereocenters. The summed E-state index contributed by atoms with van der Waals surface area (Å²) in [6.45, 7) is 4.20. The zero-order chi connectivity index (χ0) is 19.8. The first-order valence-electron chi connectivity index (χ1n) is 9.50. The molecule has 7 nitrogen and oxygen atoms in total. The zero-order valence-electron chi connectivity index (χ0n) is 15.9. The molecule has 0 bridgehead atoms.